The zero-order valence-electron chi connectivity index (χ0n) is 9.59. The molecule has 2 heterocycles. The molecular formula is C11H17N3O2. The molecule has 1 saturated heterocycles. The average molecular weight is 223 g/mol. The fraction of sp³-hybridized carbons (Fsp3) is 0.545. The molecule has 1 aromatic heterocycles. The summed E-state index contributed by atoms with van der Waals surface area (Å²) < 4.78 is 10.8. The van der Waals surface area contributed by atoms with E-state index in [-0.39, 0.29) is 12.2 Å². The molecule has 5 heteroatoms. The van der Waals surface area contributed by atoms with Crippen LogP contribution in [0.2, 0.25) is 0 Å². The highest BCUT2D eigenvalue weighted by Gasteiger charge is 2.33. The predicted molar refractivity (Wildman–Crippen MR) is 62.5 cm³/mol. The van der Waals surface area contributed by atoms with Gasteiger partial charge in [-0.2, -0.15) is 0 Å². The second-order valence-electron chi connectivity index (χ2n) is 3.89. The summed E-state index contributed by atoms with van der Waals surface area (Å²) in [5.41, 5.74) is 6.72. The third kappa shape index (κ3) is 2.10. The predicted octanol–water partition coefficient (Wildman–Crippen LogP) is 0.514. The normalized spacial score (nSPS) is 25.0. The van der Waals surface area contributed by atoms with E-state index in [2.05, 4.69) is 9.88 Å². The molecular weight excluding hydrogens is 206 g/mol. The van der Waals surface area contributed by atoms with Gasteiger partial charge in [-0.05, 0) is 6.07 Å². The van der Waals surface area contributed by atoms with Gasteiger partial charge in [0.05, 0.1) is 0 Å². The summed E-state index contributed by atoms with van der Waals surface area (Å²) in [5, 5.41) is 0. The van der Waals surface area contributed by atoms with Gasteiger partial charge in [-0.3, -0.25) is 0 Å². The minimum atomic E-state index is 0.111. The molecule has 0 spiro atoms. The molecule has 0 amide bonds. The number of nitrogens with two attached hydrogens (primary N) is 1. The number of rotatable bonds is 3. The Balaban J connectivity index is 2.12. The highest BCUT2D eigenvalue weighted by Crippen LogP contribution is 2.23. The van der Waals surface area contributed by atoms with Crippen LogP contribution in [0.25, 0.3) is 0 Å². The third-order valence-corrected chi connectivity index (χ3v) is 2.95. The Bertz CT molecular complexity index is 347. The molecule has 2 unspecified atom stereocenters. The lowest BCUT2D eigenvalue weighted by Gasteiger charge is -2.17. The van der Waals surface area contributed by atoms with Gasteiger partial charge in [-0.1, -0.05) is 0 Å². The zero-order chi connectivity index (χ0) is 11.5. The van der Waals surface area contributed by atoms with E-state index in [9.17, 15) is 0 Å². The smallest absolute Gasteiger partial charge is 0.125 e. The van der Waals surface area contributed by atoms with Crippen molar-refractivity contribution in [2.45, 2.75) is 12.2 Å². The number of ether oxygens (including phenoxy) is 2. The molecule has 16 heavy (non-hydrogen) atoms. The minimum absolute atomic E-state index is 0.111. The van der Waals surface area contributed by atoms with Crippen molar-refractivity contribution in [3.8, 4) is 0 Å². The molecule has 1 fully saturated rings. The number of nitrogens with zero attached hydrogens (tertiary/aromatic N) is 2. The molecule has 2 atom stereocenters. The van der Waals surface area contributed by atoms with Crippen LogP contribution in [0.4, 0.5) is 11.5 Å². The van der Waals surface area contributed by atoms with Crippen molar-refractivity contribution in [3.05, 3.63) is 18.3 Å². The Morgan fingerprint density at radius 1 is 1.31 bits per heavy atom. The quantitative estimate of drug-likeness (QED) is 0.809. The van der Waals surface area contributed by atoms with Crippen LogP contribution >= 0.6 is 0 Å². The van der Waals surface area contributed by atoms with Crippen LogP contribution < -0.4 is 10.6 Å². The van der Waals surface area contributed by atoms with E-state index < -0.39 is 0 Å². The molecule has 0 saturated carbocycles. The SMILES string of the molecule is COC1CN(c2ccnc(N)c2)CC1OC. The Labute approximate surface area is 95.2 Å². The number of pyridine rings is 1. The largest absolute Gasteiger partial charge is 0.384 e. The summed E-state index contributed by atoms with van der Waals surface area (Å²) in [6, 6.07) is 3.81. The first kappa shape index (κ1) is 11.2. The molecule has 0 radical (unpaired) electrons. The second kappa shape index (κ2) is 4.67. The molecule has 0 bridgehead atoms. The standard InChI is InChI=1S/C11H17N3O2/c1-15-9-6-14(7-10(9)16-2)8-3-4-13-11(12)5-8/h3-5,9-10H,6-7H2,1-2H3,(H2,12,13). The van der Waals surface area contributed by atoms with E-state index >= 15 is 0 Å². The molecule has 1 aliphatic rings. The van der Waals surface area contributed by atoms with Crippen molar-refractivity contribution in [1.29, 1.82) is 0 Å². The Hall–Kier alpha value is -1.33. The van der Waals surface area contributed by atoms with Gasteiger partial charge in [0.2, 0.25) is 0 Å². The summed E-state index contributed by atoms with van der Waals surface area (Å²) in [6.07, 6.45) is 1.94. The number of nitrogen functional groups attached to an aromatic ring is 1. The summed E-state index contributed by atoms with van der Waals surface area (Å²) in [7, 11) is 3.42. The molecule has 0 aliphatic carbocycles. The van der Waals surface area contributed by atoms with Gasteiger partial charge in [0.15, 0.2) is 0 Å². The number of hydrogen-bond acceptors (Lipinski definition) is 5. The van der Waals surface area contributed by atoms with Crippen LogP contribution in [-0.4, -0.2) is 44.5 Å². The van der Waals surface area contributed by atoms with E-state index in [1.807, 2.05) is 12.1 Å². The van der Waals surface area contributed by atoms with Gasteiger partial charge >= 0.3 is 0 Å². The van der Waals surface area contributed by atoms with Gasteiger partial charge in [-0.15, -0.1) is 0 Å². The Morgan fingerprint density at radius 2 is 1.94 bits per heavy atom. The van der Waals surface area contributed by atoms with Crippen molar-refractivity contribution >= 4 is 11.5 Å². The van der Waals surface area contributed by atoms with Crippen molar-refractivity contribution in [3.63, 3.8) is 0 Å². The number of aromatic nitrogens is 1. The molecule has 2 rings (SSSR count). The highest BCUT2D eigenvalue weighted by atomic mass is 16.5. The van der Waals surface area contributed by atoms with Gasteiger partial charge in [-0.25, -0.2) is 4.98 Å². The minimum Gasteiger partial charge on any atom is -0.384 e. The van der Waals surface area contributed by atoms with Gasteiger partial charge in [0.25, 0.3) is 0 Å². The fourth-order valence-electron chi connectivity index (χ4n) is 2.04. The van der Waals surface area contributed by atoms with Gasteiger partial charge in [0.1, 0.15) is 18.0 Å². The lowest BCUT2D eigenvalue weighted by Crippen LogP contribution is -2.27. The third-order valence-electron chi connectivity index (χ3n) is 2.95. The maximum atomic E-state index is 5.66. The Morgan fingerprint density at radius 3 is 2.44 bits per heavy atom. The molecule has 0 aromatic carbocycles. The molecule has 1 aliphatic heterocycles. The van der Waals surface area contributed by atoms with Crippen LogP contribution in [0.3, 0.4) is 0 Å². The number of anilines is 2. The summed E-state index contributed by atoms with van der Waals surface area (Å²) in [4.78, 5) is 6.17. The van der Waals surface area contributed by atoms with E-state index in [1.54, 1.807) is 20.4 Å². The van der Waals surface area contributed by atoms with Crippen LogP contribution in [-0.2, 0) is 9.47 Å². The average Bonchev–Trinajstić information content (AvgIpc) is 2.72. The summed E-state index contributed by atoms with van der Waals surface area (Å²) in [5.74, 6) is 0.535. The molecule has 5 nitrogen and oxygen atoms in total. The first-order valence-corrected chi connectivity index (χ1v) is 5.26. The lowest BCUT2D eigenvalue weighted by atomic mass is 10.3. The van der Waals surface area contributed by atoms with Crippen molar-refractivity contribution < 1.29 is 9.47 Å². The van der Waals surface area contributed by atoms with Gasteiger partial charge in [0, 0.05) is 45.3 Å². The van der Waals surface area contributed by atoms with E-state index in [0.717, 1.165) is 18.8 Å². The van der Waals surface area contributed by atoms with E-state index in [4.69, 9.17) is 15.2 Å². The zero-order valence-corrected chi connectivity index (χ0v) is 9.59. The van der Waals surface area contributed by atoms with Crippen LogP contribution in [0.1, 0.15) is 0 Å². The molecule has 88 valence electrons. The number of hydrogen-bond donors (Lipinski definition) is 1. The topological polar surface area (TPSA) is 60.6 Å². The van der Waals surface area contributed by atoms with E-state index in [0.29, 0.717) is 5.82 Å². The second-order valence-corrected chi connectivity index (χ2v) is 3.89. The van der Waals surface area contributed by atoms with Crippen LogP contribution in [0, 0.1) is 0 Å². The van der Waals surface area contributed by atoms with Crippen molar-refractivity contribution in [2.75, 3.05) is 37.9 Å². The monoisotopic (exact) mass is 223 g/mol. The van der Waals surface area contributed by atoms with Gasteiger partial charge < -0.3 is 20.1 Å². The Kier molecular flexibility index (Phi) is 3.26. The lowest BCUT2D eigenvalue weighted by molar-refractivity contribution is -0.00461. The van der Waals surface area contributed by atoms with E-state index in [1.165, 1.54) is 0 Å². The fourth-order valence-corrected chi connectivity index (χ4v) is 2.04. The molecule has 2 N–H and O–H groups in total. The van der Waals surface area contributed by atoms with Crippen LogP contribution in [0.5, 0.6) is 0 Å². The number of methoxy groups -OCH3 is 2. The maximum absolute atomic E-state index is 5.66. The highest BCUT2D eigenvalue weighted by molar-refractivity contribution is 5.53. The maximum Gasteiger partial charge on any atom is 0.125 e. The first-order chi connectivity index (χ1) is 7.74. The first-order valence-electron chi connectivity index (χ1n) is 5.26. The summed E-state index contributed by atoms with van der Waals surface area (Å²) in [6.45, 7) is 1.64. The van der Waals surface area contributed by atoms with Crippen molar-refractivity contribution in [1.82, 2.24) is 4.98 Å². The summed E-state index contributed by atoms with van der Waals surface area (Å²) >= 11 is 0. The molecule has 1 aromatic rings. The van der Waals surface area contributed by atoms with Crippen molar-refractivity contribution in [2.24, 2.45) is 0 Å². The van der Waals surface area contributed by atoms with Crippen LogP contribution in [0.15, 0.2) is 18.3 Å².